The van der Waals surface area contributed by atoms with Gasteiger partial charge < -0.3 is 9.72 Å². The van der Waals surface area contributed by atoms with Gasteiger partial charge >= 0.3 is 0 Å². The maximum absolute atomic E-state index is 5.38. The second-order valence-electron chi connectivity index (χ2n) is 5.84. The van der Waals surface area contributed by atoms with E-state index in [0.29, 0.717) is 5.92 Å². The molecule has 21 heavy (non-hydrogen) atoms. The molecular weight excluding hydrogens is 258 g/mol. The predicted octanol–water partition coefficient (Wildman–Crippen LogP) is 4.45. The van der Waals surface area contributed by atoms with Crippen molar-refractivity contribution in [2.75, 3.05) is 7.11 Å². The summed E-state index contributed by atoms with van der Waals surface area (Å²) in [7, 11) is 1.73. The number of hydrogen-bond acceptors (Lipinski definition) is 1. The Kier molecular flexibility index (Phi) is 2.95. The maximum atomic E-state index is 5.38. The van der Waals surface area contributed by atoms with Crippen LogP contribution in [-0.2, 0) is 12.8 Å². The number of nitrogens with one attached hydrogen (secondary N) is 1. The van der Waals surface area contributed by atoms with Crippen LogP contribution in [0.5, 0.6) is 5.75 Å². The molecule has 4 rings (SSSR count). The lowest BCUT2D eigenvalue weighted by Gasteiger charge is -2.23. The SMILES string of the molecule is COc1ccc2[nH]c3c(c2c1)CC(c1ccccc1)CC3. The first-order chi connectivity index (χ1) is 10.3. The van der Waals surface area contributed by atoms with Crippen molar-refractivity contribution in [2.45, 2.75) is 25.2 Å². The molecule has 2 nitrogen and oxygen atoms in total. The Labute approximate surface area is 124 Å². The van der Waals surface area contributed by atoms with Gasteiger partial charge in [0.1, 0.15) is 5.75 Å². The van der Waals surface area contributed by atoms with Crippen molar-refractivity contribution < 1.29 is 4.74 Å². The highest BCUT2D eigenvalue weighted by atomic mass is 16.5. The van der Waals surface area contributed by atoms with E-state index in [1.807, 2.05) is 6.07 Å². The summed E-state index contributed by atoms with van der Waals surface area (Å²) >= 11 is 0. The number of aryl methyl sites for hydroxylation is 1. The number of hydrogen-bond donors (Lipinski definition) is 1. The number of rotatable bonds is 2. The number of ether oxygens (including phenoxy) is 1. The minimum atomic E-state index is 0.629. The van der Waals surface area contributed by atoms with Crippen molar-refractivity contribution in [2.24, 2.45) is 0 Å². The average Bonchev–Trinajstić information content (AvgIpc) is 2.92. The van der Waals surface area contributed by atoms with Crippen LogP contribution in [-0.4, -0.2) is 12.1 Å². The van der Waals surface area contributed by atoms with Crippen LogP contribution in [0.25, 0.3) is 10.9 Å². The van der Waals surface area contributed by atoms with Crippen LogP contribution in [0.3, 0.4) is 0 Å². The van der Waals surface area contributed by atoms with Crippen LogP contribution >= 0.6 is 0 Å². The molecule has 1 N–H and O–H groups in total. The van der Waals surface area contributed by atoms with E-state index in [9.17, 15) is 0 Å². The molecule has 0 radical (unpaired) electrons. The average molecular weight is 277 g/mol. The maximum Gasteiger partial charge on any atom is 0.119 e. The molecule has 0 saturated carbocycles. The van der Waals surface area contributed by atoms with E-state index in [-0.39, 0.29) is 0 Å². The second kappa shape index (κ2) is 4.96. The zero-order chi connectivity index (χ0) is 14.2. The molecular formula is C19H19NO. The van der Waals surface area contributed by atoms with E-state index in [0.717, 1.165) is 18.6 Å². The second-order valence-corrected chi connectivity index (χ2v) is 5.84. The van der Waals surface area contributed by atoms with Gasteiger partial charge in [-0.15, -0.1) is 0 Å². The first-order valence-corrected chi connectivity index (χ1v) is 7.57. The normalized spacial score (nSPS) is 17.7. The van der Waals surface area contributed by atoms with Gasteiger partial charge in [-0.1, -0.05) is 30.3 Å². The fraction of sp³-hybridized carbons (Fsp3) is 0.263. The van der Waals surface area contributed by atoms with Gasteiger partial charge in [-0.05, 0) is 54.5 Å². The van der Waals surface area contributed by atoms with Gasteiger partial charge in [-0.3, -0.25) is 0 Å². The summed E-state index contributed by atoms with van der Waals surface area (Å²) in [6, 6.07) is 17.2. The predicted molar refractivity (Wildman–Crippen MR) is 86.1 cm³/mol. The Morgan fingerprint density at radius 3 is 2.76 bits per heavy atom. The summed E-state index contributed by atoms with van der Waals surface area (Å²) in [5.41, 5.74) is 5.57. The fourth-order valence-electron chi connectivity index (χ4n) is 3.53. The molecule has 106 valence electrons. The lowest BCUT2D eigenvalue weighted by molar-refractivity contribution is 0.415. The van der Waals surface area contributed by atoms with Crippen molar-refractivity contribution in [3.8, 4) is 5.75 Å². The molecule has 0 saturated heterocycles. The summed E-state index contributed by atoms with van der Waals surface area (Å²) in [6.45, 7) is 0. The summed E-state index contributed by atoms with van der Waals surface area (Å²) in [5, 5.41) is 1.32. The number of aromatic nitrogens is 1. The van der Waals surface area contributed by atoms with Crippen LogP contribution in [0.4, 0.5) is 0 Å². The molecule has 2 heteroatoms. The molecule has 1 atom stereocenters. The van der Waals surface area contributed by atoms with Crippen LogP contribution in [0.2, 0.25) is 0 Å². The van der Waals surface area contributed by atoms with E-state index in [4.69, 9.17) is 4.74 Å². The van der Waals surface area contributed by atoms with Crippen LogP contribution in [0.15, 0.2) is 48.5 Å². The van der Waals surface area contributed by atoms with Crippen molar-refractivity contribution >= 4 is 10.9 Å². The van der Waals surface area contributed by atoms with Crippen molar-refractivity contribution in [3.05, 3.63) is 65.4 Å². The highest BCUT2D eigenvalue weighted by molar-refractivity contribution is 5.86. The zero-order valence-electron chi connectivity index (χ0n) is 12.2. The van der Waals surface area contributed by atoms with Crippen LogP contribution in [0, 0.1) is 0 Å². The molecule has 0 spiro atoms. The largest absolute Gasteiger partial charge is 0.497 e. The summed E-state index contributed by atoms with van der Waals surface area (Å²) < 4.78 is 5.38. The van der Waals surface area contributed by atoms with Crippen molar-refractivity contribution in [1.29, 1.82) is 0 Å². The van der Waals surface area contributed by atoms with Crippen molar-refractivity contribution in [3.63, 3.8) is 0 Å². The van der Waals surface area contributed by atoms with E-state index in [1.54, 1.807) is 7.11 Å². The van der Waals surface area contributed by atoms with E-state index in [2.05, 4.69) is 47.4 Å². The number of H-pyrrole nitrogens is 1. The minimum Gasteiger partial charge on any atom is -0.497 e. The molecule has 1 heterocycles. The Morgan fingerprint density at radius 2 is 1.95 bits per heavy atom. The molecule has 0 amide bonds. The Balaban J connectivity index is 1.76. The monoisotopic (exact) mass is 277 g/mol. The summed E-state index contributed by atoms with van der Waals surface area (Å²) in [5.74, 6) is 1.56. The van der Waals surface area contributed by atoms with Gasteiger partial charge in [0.05, 0.1) is 7.11 Å². The third-order valence-corrected chi connectivity index (χ3v) is 4.67. The zero-order valence-corrected chi connectivity index (χ0v) is 12.2. The number of methoxy groups -OCH3 is 1. The van der Waals surface area contributed by atoms with Gasteiger partial charge in [0, 0.05) is 16.6 Å². The van der Waals surface area contributed by atoms with E-state index < -0.39 is 0 Å². The van der Waals surface area contributed by atoms with E-state index >= 15 is 0 Å². The standard InChI is InChI=1S/C19H19NO/c1-21-15-8-10-19-17(12-15)16-11-14(7-9-18(16)20-19)13-5-3-2-4-6-13/h2-6,8,10,12,14,20H,7,9,11H2,1H3. The van der Waals surface area contributed by atoms with Gasteiger partial charge in [-0.25, -0.2) is 0 Å². The lowest BCUT2D eigenvalue weighted by Crippen LogP contribution is -2.11. The van der Waals surface area contributed by atoms with Crippen molar-refractivity contribution in [1.82, 2.24) is 4.98 Å². The molecule has 0 aliphatic heterocycles. The molecule has 2 aromatic carbocycles. The molecule has 1 aromatic heterocycles. The van der Waals surface area contributed by atoms with Gasteiger partial charge in [0.2, 0.25) is 0 Å². The third kappa shape index (κ3) is 2.11. The molecule has 3 aromatic rings. The minimum absolute atomic E-state index is 0.629. The molecule has 0 bridgehead atoms. The Hall–Kier alpha value is -2.22. The van der Waals surface area contributed by atoms with Crippen LogP contribution in [0.1, 0.15) is 29.2 Å². The topological polar surface area (TPSA) is 25.0 Å². The highest BCUT2D eigenvalue weighted by Crippen LogP contribution is 2.37. The first kappa shape index (κ1) is 12.5. The number of aromatic amines is 1. The smallest absolute Gasteiger partial charge is 0.119 e. The molecule has 1 unspecified atom stereocenters. The quantitative estimate of drug-likeness (QED) is 0.735. The summed E-state index contributed by atoms with van der Waals surface area (Å²) in [6.07, 6.45) is 3.47. The number of fused-ring (bicyclic) bond motifs is 3. The fourth-order valence-corrected chi connectivity index (χ4v) is 3.53. The molecule has 1 aliphatic rings. The van der Waals surface area contributed by atoms with Crippen LogP contribution < -0.4 is 4.74 Å². The van der Waals surface area contributed by atoms with Gasteiger partial charge in [-0.2, -0.15) is 0 Å². The Bertz CT molecular complexity index is 773. The number of benzene rings is 2. The summed E-state index contributed by atoms with van der Waals surface area (Å²) in [4.78, 5) is 3.58. The lowest BCUT2D eigenvalue weighted by atomic mass is 9.82. The van der Waals surface area contributed by atoms with E-state index in [1.165, 1.54) is 34.1 Å². The molecule has 0 fully saturated rings. The first-order valence-electron chi connectivity index (χ1n) is 7.57. The third-order valence-electron chi connectivity index (χ3n) is 4.67. The molecule has 1 aliphatic carbocycles. The van der Waals surface area contributed by atoms with Gasteiger partial charge in [0.15, 0.2) is 0 Å². The Morgan fingerprint density at radius 1 is 1.10 bits per heavy atom. The van der Waals surface area contributed by atoms with Gasteiger partial charge in [0.25, 0.3) is 0 Å². The highest BCUT2D eigenvalue weighted by Gasteiger charge is 2.23.